The van der Waals surface area contributed by atoms with Crippen molar-refractivity contribution in [3.05, 3.63) is 265 Å². The number of hydrogen-bond acceptors (Lipinski definition) is 1. The number of anilines is 3. The van der Waals surface area contributed by atoms with Gasteiger partial charge in [-0.15, -0.1) is 0 Å². The van der Waals surface area contributed by atoms with Gasteiger partial charge in [0.25, 0.3) is 0 Å². The molecule has 0 N–H and O–H groups in total. The SMILES string of the molecule is c1ccc(N(c2ccc3c(c2)C(c2ccccc2)(c2ccccc2)c2cc4ccccc4cc2-3)c2ccccc2-c2ccc3c(c2)c2ccccc2n3-c2ccccc2)cc1. The molecule has 1 aliphatic rings. The summed E-state index contributed by atoms with van der Waals surface area (Å²) < 4.78 is 2.38. The first kappa shape index (κ1) is 35.0. The summed E-state index contributed by atoms with van der Waals surface area (Å²) in [6, 6.07) is 89.2. The summed E-state index contributed by atoms with van der Waals surface area (Å²) in [6.45, 7) is 0. The maximum Gasteiger partial charge on any atom is 0.0714 e. The number of benzene rings is 10. The fourth-order valence-corrected chi connectivity index (χ4v) is 10.2. The minimum Gasteiger partial charge on any atom is -0.310 e. The number of para-hydroxylation sites is 4. The first-order valence-corrected chi connectivity index (χ1v) is 21.1. The highest BCUT2D eigenvalue weighted by Gasteiger charge is 2.46. The van der Waals surface area contributed by atoms with Crippen molar-refractivity contribution >= 4 is 49.6 Å². The van der Waals surface area contributed by atoms with E-state index in [0.29, 0.717) is 0 Å². The molecule has 0 bridgehead atoms. The van der Waals surface area contributed by atoms with Gasteiger partial charge in [-0.1, -0.05) is 170 Å². The smallest absolute Gasteiger partial charge is 0.0714 e. The quantitative estimate of drug-likeness (QED) is 0.156. The van der Waals surface area contributed by atoms with Crippen LogP contribution in [0.1, 0.15) is 22.3 Å². The Hall–Kier alpha value is -7.94. The fraction of sp³-hybridized carbons (Fsp3) is 0.0169. The van der Waals surface area contributed by atoms with Crippen LogP contribution in [0, 0.1) is 0 Å². The van der Waals surface area contributed by atoms with Gasteiger partial charge in [-0.25, -0.2) is 0 Å². The lowest BCUT2D eigenvalue weighted by atomic mass is 9.67. The molecular weight excluding hydrogens is 737 g/mol. The number of rotatable bonds is 7. The van der Waals surface area contributed by atoms with Gasteiger partial charge >= 0.3 is 0 Å². The molecule has 2 heteroatoms. The van der Waals surface area contributed by atoms with Crippen molar-refractivity contribution < 1.29 is 0 Å². The summed E-state index contributed by atoms with van der Waals surface area (Å²) in [4.78, 5) is 2.45. The predicted octanol–water partition coefficient (Wildman–Crippen LogP) is 15.4. The van der Waals surface area contributed by atoms with E-state index < -0.39 is 5.41 Å². The van der Waals surface area contributed by atoms with Crippen LogP contribution in [0.2, 0.25) is 0 Å². The van der Waals surface area contributed by atoms with Crippen LogP contribution in [0.5, 0.6) is 0 Å². The van der Waals surface area contributed by atoms with Crippen molar-refractivity contribution in [2.24, 2.45) is 0 Å². The first-order chi connectivity index (χ1) is 30.3. The first-order valence-electron chi connectivity index (χ1n) is 21.1. The Morgan fingerprint density at radius 2 is 0.918 bits per heavy atom. The molecule has 0 amide bonds. The van der Waals surface area contributed by atoms with E-state index in [0.717, 1.165) is 28.3 Å². The van der Waals surface area contributed by atoms with E-state index >= 15 is 0 Å². The van der Waals surface area contributed by atoms with Crippen LogP contribution in [0.25, 0.3) is 60.5 Å². The molecule has 2 nitrogen and oxygen atoms in total. The van der Waals surface area contributed by atoms with Gasteiger partial charge in [0.05, 0.1) is 22.1 Å². The molecule has 1 heterocycles. The predicted molar refractivity (Wildman–Crippen MR) is 256 cm³/mol. The van der Waals surface area contributed by atoms with Gasteiger partial charge in [0, 0.05) is 33.4 Å². The summed E-state index contributed by atoms with van der Waals surface area (Å²) in [5.74, 6) is 0. The lowest BCUT2D eigenvalue weighted by molar-refractivity contribution is 0.769. The molecule has 0 saturated carbocycles. The average molecular weight is 777 g/mol. The van der Waals surface area contributed by atoms with E-state index in [9.17, 15) is 0 Å². The van der Waals surface area contributed by atoms with E-state index in [1.807, 2.05) is 0 Å². The van der Waals surface area contributed by atoms with E-state index in [-0.39, 0.29) is 0 Å². The third-order valence-electron chi connectivity index (χ3n) is 12.8. The summed E-state index contributed by atoms with van der Waals surface area (Å²) in [5, 5.41) is 4.96. The number of hydrogen-bond donors (Lipinski definition) is 0. The number of fused-ring (bicyclic) bond motifs is 7. The highest BCUT2D eigenvalue weighted by molar-refractivity contribution is 6.11. The Bertz CT molecular complexity index is 3360. The summed E-state index contributed by atoms with van der Waals surface area (Å²) in [7, 11) is 0. The molecule has 11 aromatic rings. The zero-order valence-electron chi connectivity index (χ0n) is 33.5. The van der Waals surface area contributed by atoms with Crippen molar-refractivity contribution in [1.82, 2.24) is 4.57 Å². The fourth-order valence-electron chi connectivity index (χ4n) is 10.2. The molecule has 61 heavy (non-hydrogen) atoms. The van der Waals surface area contributed by atoms with Crippen molar-refractivity contribution in [2.45, 2.75) is 5.41 Å². The van der Waals surface area contributed by atoms with Crippen molar-refractivity contribution in [3.63, 3.8) is 0 Å². The van der Waals surface area contributed by atoms with Crippen molar-refractivity contribution in [2.75, 3.05) is 4.90 Å². The van der Waals surface area contributed by atoms with E-state index in [4.69, 9.17) is 0 Å². The molecular formula is C59H40N2. The Labute approximate surface area is 355 Å². The number of aromatic nitrogens is 1. The molecule has 0 fully saturated rings. The monoisotopic (exact) mass is 776 g/mol. The van der Waals surface area contributed by atoms with Crippen LogP contribution < -0.4 is 4.90 Å². The second kappa shape index (κ2) is 14.1. The van der Waals surface area contributed by atoms with E-state index in [1.165, 1.54) is 71.5 Å². The average Bonchev–Trinajstić information content (AvgIpc) is 3.82. The van der Waals surface area contributed by atoms with E-state index in [1.54, 1.807) is 0 Å². The molecule has 0 spiro atoms. The summed E-state index contributed by atoms with van der Waals surface area (Å²) in [5.41, 5.74) is 16.3. The Morgan fingerprint density at radius 1 is 0.344 bits per heavy atom. The van der Waals surface area contributed by atoms with Crippen LogP contribution in [-0.2, 0) is 5.41 Å². The third-order valence-corrected chi connectivity index (χ3v) is 12.8. The molecule has 286 valence electrons. The van der Waals surface area contributed by atoms with Crippen LogP contribution in [0.15, 0.2) is 243 Å². The van der Waals surface area contributed by atoms with Crippen molar-refractivity contribution in [1.29, 1.82) is 0 Å². The second-order valence-corrected chi connectivity index (χ2v) is 16.1. The lowest BCUT2D eigenvalue weighted by Gasteiger charge is -2.35. The zero-order chi connectivity index (χ0) is 40.3. The molecule has 0 aliphatic heterocycles. The summed E-state index contributed by atoms with van der Waals surface area (Å²) in [6.07, 6.45) is 0. The topological polar surface area (TPSA) is 8.17 Å². The zero-order valence-corrected chi connectivity index (χ0v) is 33.5. The number of nitrogens with zero attached hydrogens (tertiary/aromatic N) is 2. The van der Waals surface area contributed by atoms with Gasteiger partial charge in [-0.2, -0.15) is 0 Å². The van der Waals surface area contributed by atoms with Gasteiger partial charge in [-0.05, 0) is 123 Å². The molecule has 1 aliphatic carbocycles. The van der Waals surface area contributed by atoms with Crippen LogP contribution in [0.4, 0.5) is 17.1 Å². The largest absolute Gasteiger partial charge is 0.310 e. The molecule has 10 aromatic carbocycles. The maximum atomic E-state index is 2.47. The summed E-state index contributed by atoms with van der Waals surface area (Å²) >= 11 is 0. The molecule has 0 unspecified atom stereocenters. The van der Waals surface area contributed by atoms with Crippen LogP contribution >= 0.6 is 0 Å². The maximum absolute atomic E-state index is 2.47. The van der Waals surface area contributed by atoms with Gasteiger partial charge in [0.15, 0.2) is 0 Å². The highest BCUT2D eigenvalue weighted by atomic mass is 15.1. The highest BCUT2D eigenvalue weighted by Crippen LogP contribution is 2.58. The van der Waals surface area contributed by atoms with Gasteiger partial charge in [0.2, 0.25) is 0 Å². The Kier molecular flexibility index (Phi) is 8.11. The van der Waals surface area contributed by atoms with Crippen LogP contribution in [0.3, 0.4) is 0 Å². The molecule has 1 aromatic heterocycles. The molecule has 12 rings (SSSR count). The minimum atomic E-state index is -0.549. The molecule has 0 saturated heterocycles. The molecule has 0 radical (unpaired) electrons. The Morgan fingerprint density at radius 3 is 1.66 bits per heavy atom. The van der Waals surface area contributed by atoms with Crippen molar-refractivity contribution in [3.8, 4) is 27.9 Å². The van der Waals surface area contributed by atoms with Gasteiger partial charge < -0.3 is 9.47 Å². The second-order valence-electron chi connectivity index (χ2n) is 16.1. The standard InChI is InChI=1S/C59H40N2/c1-5-21-44(22-6-1)59(45-23-7-2-8-24-45)54-39-42-20-14-13-19-41(42)37-52(54)50-35-34-48(40-55(50)59)60(46-25-9-3-10-26-46)56-31-17-15-29-49(56)43-33-36-58-53(38-43)51-30-16-18-32-57(51)61(58)47-27-11-4-12-28-47/h1-40H. The Balaban J connectivity index is 1.10. The normalized spacial score (nSPS) is 12.7. The third kappa shape index (κ3) is 5.43. The lowest BCUT2D eigenvalue weighted by Crippen LogP contribution is -2.28. The minimum absolute atomic E-state index is 0.549. The van der Waals surface area contributed by atoms with E-state index in [2.05, 4.69) is 252 Å². The van der Waals surface area contributed by atoms with Gasteiger partial charge in [0.1, 0.15) is 0 Å². The van der Waals surface area contributed by atoms with Crippen LogP contribution in [-0.4, -0.2) is 4.57 Å². The molecule has 0 atom stereocenters. The van der Waals surface area contributed by atoms with Gasteiger partial charge in [-0.3, -0.25) is 0 Å².